The van der Waals surface area contributed by atoms with Crippen molar-refractivity contribution < 1.29 is 9.45 Å². The molecule has 1 fully saturated rings. The Labute approximate surface area is 120 Å². The molecule has 0 atom stereocenters. The zero-order valence-electron chi connectivity index (χ0n) is 10.5. The quantitative estimate of drug-likeness (QED) is 0.660. The summed E-state index contributed by atoms with van der Waals surface area (Å²) in [5.41, 5.74) is 6.07. The Hall–Kier alpha value is -1.93. The van der Waals surface area contributed by atoms with Gasteiger partial charge in [0.25, 0.3) is 11.6 Å². The number of rotatable bonds is 3. The molecule has 20 heavy (non-hydrogen) atoms. The smallest absolute Gasteiger partial charge is 0.287 e. The molecule has 3 rings (SSSR count). The van der Waals surface area contributed by atoms with Gasteiger partial charge in [-0.25, -0.2) is 0 Å². The first kappa shape index (κ1) is 14.5. The molecular weight excluding hydrogens is 286 g/mol. The highest BCUT2D eigenvalue weighted by Gasteiger charge is 2.36. The van der Waals surface area contributed by atoms with Crippen LogP contribution in [0, 0.1) is 10.1 Å². The summed E-state index contributed by atoms with van der Waals surface area (Å²) in [5, 5.41) is 14.5. The van der Waals surface area contributed by atoms with E-state index < -0.39 is 10.5 Å². The molecule has 1 saturated carbocycles. The van der Waals surface area contributed by atoms with Gasteiger partial charge in [0.1, 0.15) is 5.69 Å². The van der Waals surface area contributed by atoms with E-state index in [1.165, 1.54) is 12.3 Å². The van der Waals surface area contributed by atoms with E-state index in [9.17, 15) is 10.1 Å². The Balaban J connectivity index is 0.00000147. The fourth-order valence-corrected chi connectivity index (χ4v) is 2.38. The highest BCUT2D eigenvalue weighted by molar-refractivity contribution is 5.85. The van der Waals surface area contributed by atoms with Crippen LogP contribution in [-0.4, -0.2) is 20.0 Å². The van der Waals surface area contributed by atoms with Crippen LogP contribution in [0.3, 0.4) is 0 Å². The van der Waals surface area contributed by atoms with Gasteiger partial charge in [0.05, 0.1) is 16.7 Å². The van der Waals surface area contributed by atoms with Crippen molar-refractivity contribution >= 4 is 18.1 Å². The number of H-pyrrole nitrogens is 1. The van der Waals surface area contributed by atoms with Crippen LogP contribution in [0.4, 0.5) is 5.69 Å². The minimum atomic E-state index is -0.528. The van der Waals surface area contributed by atoms with Crippen molar-refractivity contribution in [1.82, 2.24) is 15.1 Å². The summed E-state index contributed by atoms with van der Waals surface area (Å²) in [5.74, 6) is 0.692. The van der Waals surface area contributed by atoms with Crippen LogP contribution in [-0.2, 0) is 5.54 Å². The van der Waals surface area contributed by atoms with E-state index in [4.69, 9.17) is 10.3 Å². The van der Waals surface area contributed by atoms with Crippen LogP contribution < -0.4 is 5.73 Å². The normalized spacial score (nSPS) is 16.9. The number of nitrogens with zero attached hydrogens (tertiary/aromatic N) is 3. The SMILES string of the molecule is Cl.NC1(c2noc(-c3cc([N+](=O)[O-])c[nH]3)n2)CCCC1. The summed E-state index contributed by atoms with van der Waals surface area (Å²) in [7, 11) is 0. The third kappa shape index (κ3) is 2.39. The molecule has 3 N–H and O–H groups in total. The summed E-state index contributed by atoms with van der Waals surface area (Å²) in [6, 6.07) is 1.36. The molecule has 0 aromatic carbocycles. The van der Waals surface area contributed by atoms with Gasteiger partial charge in [0.2, 0.25) is 0 Å². The summed E-state index contributed by atoms with van der Waals surface area (Å²) < 4.78 is 5.13. The molecule has 1 aliphatic rings. The summed E-state index contributed by atoms with van der Waals surface area (Å²) in [4.78, 5) is 17.1. The van der Waals surface area contributed by atoms with Crippen molar-refractivity contribution in [3.63, 3.8) is 0 Å². The second kappa shape index (κ2) is 5.22. The first-order chi connectivity index (χ1) is 9.08. The van der Waals surface area contributed by atoms with Gasteiger partial charge >= 0.3 is 0 Å². The third-order valence-corrected chi connectivity index (χ3v) is 3.48. The van der Waals surface area contributed by atoms with Crippen molar-refractivity contribution in [2.45, 2.75) is 31.2 Å². The maximum absolute atomic E-state index is 10.6. The summed E-state index contributed by atoms with van der Waals surface area (Å²) in [6.07, 6.45) is 5.05. The van der Waals surface area contributed by atoms with E-state index in [0.717, 1.165) is 25.7 Å². The van der Waals surface area contributed by atoms with E-state index in [1.54, 1.807) is 0 Å². The summed E-state index contributed by atoms with van der Waals surface area (Å²) in [6.45, 7) is 0. The number of nitrogens with two attached hydrogens (primary N) is 1. The van der Waals surface area contributed by atoms with Gasteiger partial charge in [-0.15, -0.1) is 12.4 Å². The van der Waals surface area contributed by atoms with E-state index in [0.29, 0.717) is 11.5 Å². The van der Waals surface area contributed by atoms with Gasteiger partial charge in [0.15, 0.2) is 5.82 Å². The van der Waals surface area contributed by atoms with Gasteiger partial charge in [-0.2, -0.15) is 4.98 Å². The number of halogens is 1. The number of nitro groups is 1. The van der Waals surface area contributed by atoms with Gasteiger partial charge < -0.3 is 15.2 Å². The standard InChI is InChI=1S/C11H13N5O3.ClH/c12-11(3-1-2-4-11)10-14-9(19-15-10)8-5-7(6-13-8)16(17)18;/h5-6,13H,1-4,12H2;1H. The average molecular weight is 300 g/mol. The average Bonchev–Trinajstić information content (AvgIpc) is 3.08. The lowest BCUT2D eigenvalue weighted by atomic mass is 9.99. The van der Waals surface area contributed by atoms with Gasteiger partial charge in [-0.3, -0.25) is 10.1 Å². The van der Waals surface area contributed by atoms with Crippen LogP contribution in [0.25, 0.3) is 11.6 Å². The molecule has 2 aromatic heterocycles. The molecule has 1 aliphatic carbocycles. The Bertz CT molecular complexity index is 617. The molecule has 9 heteroatoms. The van der Waals surface area contributed by atoms with E-state index in [2.05, 4.69) is 15.1 Å². The number of nitrogens with one attached hydrogen (secondary N) is 1. The van der Waals surface area contributed by atoms with E-state index in [-0.39, 0.29) is 24.0 Å². The predicted molar refractivity (Wildman–Crippen MR) is 72.3 cm³/mol. The topological polar surface area (TPSA) is 124 Å². The minimum absolute atomic E-state index is 0. The van der Waals surface area contributed by atoms with Crippen molar-refractivity contribution in [2.24, 2.45) is 5.73 Å². The van der Waals surface area contributed by atoms with Gasteiger partial charge in [0, 0.05) is 6.07 Å². The van der Waals surface area contributed by atoms with Crippen molar-refractivity contribution in [1.29, 1.82) is 0 Å². The molecule has 0 radical (unpaired) electrons. The molecular formula is C11H14ClN5O3. The Morgan fingerprint density at radius 2 is 2.15 bits per heavy atom. The number of aromatic amines is 1. The van der Waals surface area contributed by atoms with Crippen molar-refractivity contribution in [3.8, 4) is 11.6 Å². The first-order valence-electron chi connectivity index (χ1n) is 6.05. The molecule has 0 unspecified atom stereocenters. The van der Waals surface area contributed by atoms with E-state index in [1.807, 2.05) is 0 Å². The summed E-state index contributed by atoms with van der Waals surface area (Å²) >= 11 is 0. The Morgan fingerprint density at radius 1 is 1.45 bits per heavy atom. The maximum atomic E-state index is 10.6. The second-order valence-corrected chi connectivity index (χ2v) is 4.82. The predicted octanol–water partition coefficient (Wildman–Crippen LogP) is 2.12. The molecule has 8 nitrogen and oxygen atoms in total. The fraction of sp³-hybridized carbons (Fsp3) is 0.455. The minimum Gasteiger partial charge on any atom is -0.351 e. The van der Waals surface area contributed by atoms with Gasteiger partial charge in [-0.1, -0.05) is 18.0 Å². The molecule has 0 spiro atoms. The Kier molecular flexibility index (Phi) is 3.78. The lowest BCUT2D eigenvalue weighted by Crippen LogP contribution is -2.34. The van der Waals surface area contributed by atoms with Crippen LogP contribution >= 0.6 is 12.4 Å². The third-order valence-electron chi connectivity index (χ3n) is 3.48. The first-order valence-corrected chi connectivity index (χ1v) is 6.05. The maximum Gasteiger partial charge on any atom is 0.287 e. The number of aromatic nitrogens is 3. The monoisotopic (exact) mass is 299 g/mol. The molecule has 2 heterocycles. The zero-order valence-corrected chi connectivity index (χ0v) is 11.4. The van der Waals surface area contributed by atoms with Crippen molar-refractivity contribution in [3.05, 3.63) is 28.2 Å². The molecule has 0 aliphatic heterocycles. The van der Waals surface area contributed by atoms with E-state index >= 15 is 0 Å². The molecule has 0 saturated heterocycles. The molecule has 2 aromatic rings. The Morgan fingerprint density at radius 3 is 2.75 bits per heavy atom. The molecule has 0 bridgehead atoms. The van der Waals surface area contributed by atoms with Crippen molar-refractivity contribution in [2.75, 3.05) is 0 Å². The van der Waals surface area contributed by atoms with Crippen LogP contribution in [0.5, 0.6) is 0 Å². The lowest BCUT2D eigenvalue weighted by Gasteiger charge is -2.17. The van der Waals surface area contributed by atoms with Crippen LogP contribution in [0.15, 0.2) is 16.8 Å². The van der Waals surface area contributed by atoms with Crippen LogP contribution in [0.1, 0.15) is 31.5 Å². The molecule has 108 valence electrons. The lowest BCUT2D eigenvalue weighted by molar-refractivity contribution is -0.384. The fourth-order valence-electron chi connectivity index (χ4n) is 2.38. The molecule has 0 amide bonds. The number of hydrogen-bond acceptors (Lipinski definition) is 6. The highest BCUT2D eigenvalue weighted by Crippen LogP contribution is 2.35. The van der Waals surface area contributed by atoms with Crippen LogP contribution in [0.2, 0.25) is 0 Å². The van der Waals surface area contributed by atoms with Gasteiger partial charge in [-0.05, 0) is 12.8 Å². The largest absolute Gasteiger partial charge is 0.351 e. The number of hydrogen-bond donors (Lipinski definition) is 2. The highest BCUT2D eigenvalue weighted by atomic mass is 35.5. The second-order valence-electron chi connectivity index (χ2n) is 4.82. The zero-order chi connectivity index (χ0) is 13.5.